The number of alkyl halides is 1. The van der Waals surface area contributed by atoms with Gasteiger partial charge in [0.05, 0.1) is 10.8 Å². The number of carbonyl (C=O) groups excluding carboxylic acids is 1. The fraction of sp³-hybridized carbons (Fsp3) is 0.769. The van der Waals surface area contributed by atoms with Gasteiger partial charge in [0.15, 0.2) is 0 Å². The summed E-state index contributed by atoms with van der Waals surface area (Å²) >= 11 is 6.32. The van der Waals surface area contributed by atoms with Crippen LogP contribution in [-0.4, -0.2) is 10.8 Å². The molecule has 0 N–H and O–H groups in total. The molecule has 17 heavy (non-hydrogen) atoms. The maximum atomic E-state index is 11.2. The van der Waals surface area contributed by atoms with Crippen molar-refractivity contribution in [3.8, 4) is 0 Å². The summed E-state index contributed by atoms with van der Waals surface area (Å²) < 4.78 is 0. The molecule has 0 aromatic heterocycles. The van der Waals surface area contributed by atoms with Crippen LogP contribution in [-0.2, 0) is 4.79 Å². The van der Waals surface area contributed by atoms with Gasteiger partial charge in [-0.15, -0.1) is 11.6 Å². The van der Waals surface area contributed by atoms with E-state index in [0.717, 1.165) is 12.3 Å². The molecule has 4 rings (SSSR count). The number of carboxylic acids is 1. The summed E-state index contributed by atoms with van der Waals surface area (Å²) in [5.41, 5.74) is 0. The number of rotatable bonds is 1. The van der Waals surface area contributed by atoms with Gasteiger partial charge < -0.3 is 9.90 Å². The minimum Gasteiger partial charge on any atom is -0.548 e. The SMILES string of the molecule is O=C([O-])C1(Cl)CC2CC1C1C3C=CC(C3)C21.[Na+]. The van der Waals surface area contributed by atoms with E-state index in [1.54, 1.807) is 0 Å². The third kappa shape index (κ3) is 1.36. The van der Waals surface area contributed by atoms with E-state index in [1.807, 2.05) is 0 Å². The largest absolute Gasteiger partial charge is 1.00 e. The molecule has 4 heteroatoms. The second-order valence-electron chi connectivity index (χ2n) is 6.06. The summed E-state index contributed by atoms with van der Waals surface area (Å²) in [5, 5.41) is 11.2. The first-order valence-electron chi connectivity index (χ1n) is 6.20. The molecule has 4 aliphatic carbocycles. The van der Waals surface area contributed by atoms with Gasteiger partial charge in [0.2, 0.25) is 0 Å². The van der Waals surface area contributed by atoms with Gasteiger partial charge in [-0.2, -0.15) is 0 Å². The molecule has 0 heterocycles. The van der Waals surface area contributed by atoms with E-state index in [2.05, 4.69) is 12.2 Å². The first-order chi connectivity index (χ1) is 7.61. The Morgan fingerprint density at radius 1 is 1.24 bits per heavy atom. The van der Waals surface area contributed by atoms with Crippen molar-refractivity contribution >= 4 is 17.6 Å². The van der Waals surface area contributed by atoms with Crippen molar-refractivity contribution in [1.82, 2.24) is 0 Å². The maximum absolute atomic E-state index is 11.2. The minimum absolute atomic E-state index is 0. The Morgan fingerprint density at radius 2 is 1.88 bits per heavy atom. The number of carbonyl (C=O) groups is 1. The second kappa shape index (κ2) is 3.75. The molecular formula is C13H14ClNaO2. The van der Waals surface area contributed by atoms with Gasteiger partial charge in [0.1, 0.15) is 0 Å². The molecule has 3 fully saturated rings. The van der Waals surface area contributed by atoms with Gasteiger partial charge in [-0.3, -0.25) is 0 Å². The van der Waals surface area contributed by atoms with E-state index in [-0.39, 0.29) is 35.5 Å². The molecule has 0 spiro atoms. The third-order valence-corrected chi connectivity index (χ3v) is 6.22. The molecule has 4 aliphatic rings. The normalized spacial score (nSPS) is 57.0. The first kappa shape index (κ1) is 12.5. The van der Waals surface area contributed by atoms with Gasteiger partial charge >= 0.3 is 29.6 Å². The maximum Gasteiger partial charge on any atom is 1.00 e. The van der Waals surface area contributed by atoms with Crippen molar-refractivity contribution in [2.75, 3.05) is 0 Å². The number of hydrogen-bond acceptors (Lipinski definition) is 2. The molecule has 0 aromatic carbocycles. The van der Waals surface area contributed by atoms with E-state index < -0.39 is 10.8 Å². The van der Waals surface area contributed by atoms with Crippen molar-refractivity contribution in [3.05, 3.63) is 12.2 Å². The molecule has 7 atom stereocenters. The number of allylic oxidation sites excluding steroid dienone is 2. The zero-order valence-corrected chi connectivity index (χ0v) is 12.7. The molecular weight excluding hydrogens is 247 g/mol. The van der Waals surface area contributed by atoms with Gasteiger partial charge in [-0.1, -0.05) is 12.2 Å². The Kier molecular flexibility index (Phi) is 2.77. The van der Waals surface area contributed by atoms with E-state index in [4.69, 9.17) is 11.6 Å². The van der Waals surface area contributed by atoms with Crippen molar-refractivity contribution in [2.24, 2.45) is 35.5 Å². The van der Waals surface area contributed by atoms with E-state index >= 15 is 0 Å². The Labute approximate surface area is 128 Å². The molecule has 7 unspecified atom stereocenters. The van der Waals surface area contributed by atoms with E-state index in [0.29, 0.717) is 30.1 Å². The van der Waals surface area contributed by atoms with Gasteiger partial charge in [-0.25, -0.2) is 0 Å². The zero-order chi connectivity index (χ0) is 11.1. The van der Waals surface area contributed by atoms with Crippen LogP contribution in [0.25, 0.3) is 0 Å². The van der Waals surface area contributed by atoms with Crippen molar-refractivity contribution < 1.29 is 39.5 Å². The predicted octanol–water partition coefficient (Wildman–Crippen LogP) is -1.80. The average molecular weight is 261 g/mol. The van der Waals surface area contributed by atoms with Crippen LogP contribution >= 0.6 is 11.6 Å². The molecule has 0 amide bonds. The molecule has 4 bridgehead atoms. The molecule has 3 saturated carbocycles. The van der Waals surface area contributed by atoms with Crippen LogP contribution in [0.15, 0.2) is 12.2 Å². The predicted molar refractivity (Wildman–Crippen MR) is 57.5 cm³/mol. The summed E-state index contributed by atoms with van der Waals surface area (Å²) in [4.78, 5) is 10.2. The smallest absolute Gasteiger partial charge is 0.548 e. The fourth-order valence-corrected chi connectivity index (χ4v) is 5.68. The Hall–Kier alpha value is 0.500. The summed E-state index contributed by atoms with van der Waals surface area (Å²) in [7, 11) is 0. The molecule has 0 aromatic rings. The number of aliphatic carboxylic acids is 1. The van der Waals surface area contributed by atoms with Gasteiger partial charge in [0, 0.05) is 0 Å². The average Bonchev–Trinajstić information content (AvgIpc) is 2.92. The van der Waals surface area contributed by atoms with Gasteiger partial charge in [0.25, 0.3) is 0 Å². The molecule has 0 radical (unpaired) electrons. The summed E-state index contributed by atoms with van der Waals surface area (Å²) in [6.45, 7) is 0. The Balaban J connectivity index is 0.000000902. The Morgan fingerprint density at radius 3 is 2.53 bits per heavy atom. The summed E-state index contributed by atoms with van der Waals surface area (Å²) in [6, 6.07) is 0. The monoisotopic (exact) mass is 260 g/mol. The summed E-state index contributed by atoms with van der Waals surface area (Å²) in [5.74, 6) is 2.23. The van der Waals surface area contributed by atoms with Crippen LogP contribution < -0.4 is 34.7 Å². The first-order valence-corrected chi connectivity index (χ1v) is 6.58. The van der Waals surface area contributed by atoms with Crippen LogP contribution in [0.5, 0.6) is 0 Å². The van der Waals surface area contributed by atoms with Crippen LogP contribution in [0.4, 0.5) is 0 Å². The quantitative estimate of drug-likeness (QED) is 0.242. The molecule has 0 aliphatic heterocycles. The topological polar surface area (TPSA) is 40.1 Å². The van der Waals surface area contributed by atoms with Gasteiger partial charge in [-0.05, 0) is 54.8 Å². The summed E-state index contributed by atoms with van der Waals surface area (Å²) in [6.07, 6.45) is 7.53. The number of halogens is 1. The van der Waals surface area contributed by atoms with E-state index in [1.165, 1.54) is 6.42 Å². The Bertz CT molecular complexity index is 410. The van der Waals surface area contributed by atoms with Crippen LogP contribution in [0.3, 0.4) is 0 Å². The zero-order valence-electron chi connectivity index (χ0n) is 9.93. The van der Waals surface area contributed by atoms with Crippen molar-refractivity contribution in [2.45, 2.75) is 24.1 Å². The second-order valence-corrected chi connectivity index (χ2v) is 6.73. The van der Waals surface area contributed by atoms with Crippen LogP contribution in [0, 0.1) is 35.5 Å². The standard InChI is InChI=1S/C13H15ClO2.Na/c14-13(12(15)16)5-8-4-9(13)11-7-2-1-6(3-7)10(8)11;/h1-2,6-11H,3-5H2,(H,15,16);/q;+1/p-1. The number of hydrogen-bond donors (Lipinski definition) is 0. The van der Waals surface area contributed by atoms with Crippen molar-refractivity contribution in [3.63, 3.8) is 0 Å². The fourth-order valence-electron chi connectivity index (χ4n) is 5.25. The molecule has 2 nitrogen and oxygen atoms in total. The van der Waals surface area contributed by atoms with Crippen molar-refractivity contribution in [1.29, 1.82) is 0 Å². The minimum atomic E-state index is -1.05. The van der Waals surface area contributed by atoms with Crippen LogP contribution in [0.2, 0.25) is 0 Å². The number of fused-ring (bicyclic) bond motifs is 9. The number of carboxylic acid groups (broad SMARTS) is 1. The van der Waals surface area contributed by atoms with E-state index in [9.17, 15) is 9.90 Å². The third-order valence-electron chi connectivity index (χ3n) is 5.64. The molecule has 86 valence electrons. The van der Waals surface area contributed by atoms with Crippen LogP contribution in [0.1, 0.15) is 19.3 Å². The molecule has 0 saturated heterocycles.